The van der Waals surface area contributed by atoms with Crippen LogP contribution in [-0.2, 0) is 6.54 Å². The molecule has 0 radical (unpaired) electrons. The van der Waals surface area contributed by atoms with E-state index in [0.29, 0.717) is 24.7 Å². The minimum Gasteiger partial charge on any atom is -0.497 e. The predicted octanol–water partition coefficient (Wildman–Crippen LogP) is 3.64. The van der Waals surface area contributed by atoms with Gasteiger partial charge in [0.15, 0.2) is 11.5 Å². The van der Waals surface area contributed by atoms with E-state index in [1.54, 1.807) is 21.3 Å². The summed E-state index contributed by atoms with van der Waals surface area (Å²) in [5.74, 6) is 3.06. The number of halogens is 1. The average molecular weight is 396 g/mol. The first-order chi connectivity index (χ1) is 11.7. The van der Waals surface area contributed by atoms with Crippen LogP contribution in [0, 0.1) is 0 Å². The Labute approximate surface area is 151 Å². The minimum absolute atomic E-state index is 0.581. The maximum absolute atomic E-state index is 5.68. The summed E-state index contributed by atoms with van der Waals surface area (Å²) >= 11 is 3.55. The molecular weight excluding hydrogens is 374 g/mol. The van der Waals surface area contributed by atoms with Gasteiger partial charge < -0.3 is 24.3 Å². The highest BCUT2D eigenvalue weighted by Crippen LogP contribution is 2.33. The summed E-state index contributed by atoms with van der Waals surface area (Å²) < 4.78 is 22.4. The fraction of sp³-hybridized carbons (Fsp3) is 0.333. The van der Waals surface area contributed by atoms with Gasteiger partial charge in [0.05, 0.1) is 21.3 Å². The first kappa shape index (κ1) is 18.4. The molecule has 1 N–H and O–H groups in total. The molecule has 0 aliphatic carbocycles. The fourth-order valence-electron chi connectivity index (χ4n) is 2.17. The molecule has 6 heteroatoms. The van der Waals surface area contributed by atoms with Crippen LogP contribution in [-0.4, -0.2) is 34.5 Å². The molecule has 2 rings (SSSR count). The molecule has 5 nitrogen and oxygen atoms in total. The summed E-state index contributed by atoms with van der Waals surface area (Å²) in [6.45, 7) is 2.01. The normalized spacial score (nSPS) is 10.3. The van der Waals surface area contributed by atoms with Crippen LogP contribution in [0.4, 0.5) is 0 Å². The zero-order valence-electron chi connectivity index (χ0n) is 14.1. The van der Waals surface area contributed by atoms with Crippen LogP contribution in [0.1, 0.15) is 5.56 Å². The second-order valence-electron chi connectivity index (χ2n) is 5.00. The summed E-state index contributed by atoms with van der Waals surface area (Å²) in [5.41, 5.74) is 1.09. The molecule has 130 valence electrons. The van der Waals surface area contributed by atoms with Crippen molar-refractivity contribution in [2.75, 3.05) is 34.5 Å². The number of ether oxygens (including phenoxy) is 4. The number of methoxy groups -OCH3 is 3. The molecule has 0 unspecified atom stereocenters. The molecule has 2 aromatic carbocycles. The van der Waals surface area contributed by atoms with Crippen molar-refractivity contribution in [3.05, 3.63) is 46.4 Å². The third-order valence-corrected chi connectivity index (χ3v) is 4.21. The highest BCUT2D eigenvalue weighted by Gasteiger charge is 2.09. The van der Waals surface area contributed by atoms with Crippen molar-refractivity contribution in [1.29, 1.82) is 0 Å². The van der Waals surface area contributed by atoms with Crippen LogP contribution in [0.2, 0.25) is 0 Å². The maximum atomic E-state index is 5.68. The second-order valence-corrected chi connectivity index (χ2v) is 5.85. The third-order valence-electron chi connectivity index (χ3n) is 3.48. The van der Waals surface area contributed by atoms with Gasteiger partial charge >= 0.3 is 0 Å². The minimum atomic E-state index is 0.581. The molecule has 0 bridgehead atoms. The molecule has 2 aromatic rings. The lowest BCUT2D eigenvalue weighted by atomic mass is 10.2. The molecule has 0 aromatic heterocycles. The molecule has 0 aliphatic rings. The quantitative estimate of drug-likeness (QED) is 0.656. The zero-order chi connectivity index (χ0) is 17.4. The van der Waals surface area contributed by atoms with Crippen molar-refractivity contribution in [3.8, 4) is 23.0 Å². The van der Waals surface area contributed by atoms with Gasteiger partial charge in [-0.2, -0.15) is 0 Å². The van der Waals surface area contributed by atoms with Crippen molar-refractivity contribution >= 4 is 15.9 Å². The van der Waals surface area contributed by atoms with Gasteiger partial charge in [0.1, 0.15) is 18.1 Å². The van der Waals surface area contributed by atoms with Gasteiger partial charge in [0.25, 0.3) is 0 Å². The Morgan fingerprint density at radius 3 is 2.12 bits per heavy atom. The molecule has 0 saturated carbocycles. The highest BCUT2D eigenvalue weighted by atomic mass is 79.9. The molecule has 0 saturated heterocycles. The van der Waals surface area contributed by atoms with Gasteiger partial charge in [-0.25, -0.2) is 0 Å². The smallest absolute Gasteiger partial charge is 0.161 e. The summed E-state index contributed by atoms with van der Waals surface area (Å²) in [4.78, 5) is 0. The lowest BCUT2D eigenvalue weighted by molar-refractivity contribution is 0.312. The molecular formula is C18H22BrNO4. The molecule has 0 fully saturated rings. The van der Waals surface area contributed by atoms with Crippen LogP contribution in [0.25, 0.3) is 0 Å². The van der Waals surface area contributed by atoms with E-state index >= 15 is 0 Å². The summed E-state index contributed by atoms with van der Waals surface area (Å²) in [6, 6.07) is 11.4. The van der Waals surface area contributed by atoms with Crippen molar-refractivity contribution < 1.29 is 18.9 Å². The van der Waals surface area contributed by atoms with Gasteiger partial charge in [-0.05, 0) is 42.0 Å². The standard InChI is InChI=1S/C18H22BrNO4/c1-21-14-4-6-15(7-5-14)24-9-8-20-12-13-10-17(22-2)18(23-3)11-16(13)19/h4-7,10-11,20H,8-9,12H2,1-3H3. The lowest BCUT2D eigenvalue weighted by Gasteiger charge is -2.13. The maximum Gasteiger partial charge on any atom is 0.161 e. The number of benzene rings is 2. The van der Waals surface area contributed by atoms with E-state index in [-0.39, 0.29) is 0 Å². The van der Waals surface area contributed by atoms with E-state index < -0.39 is 0 Å². The Morgan fingerprint density at radius 2 is 1.50 bits per heavy atom. The molecule has 0 heterocycles. The van der Waals surface area contributed by atoms with Crippen LogP contribution < -0.4 is 24.3 Å². The second kappa shape index (κ2) is 9.39. The van der Waals surface area contributed by atoms with Gasteiger partial charge in [0, 0.05) is 17.6 Å². The highest BCUT2D eigenvalue weighted by molar-refractivity contribution is 9.10. The Balaban J connectivity index is 1.79. The van der Waals surface area contributed by atoms with E-state index in [1.807, 2.05) is 36.4 Å². The van der Waals surface area contributed by atoms with Crippen LogP contribution in [0.15, 0.2) is 40.9 Å². The summed E-state index contributed by atoms with van der Waals surface area (Å²) in [5, 5.41) is 3.35. The SMILES string of the molecule is COc1ccc(OCCNCc2cc(OC)c(OC)cc2Br)cc1. The topological polar surface area (TPSA) is 49.0 Å². The van der Waals surface area contributed by atoms with Gasteiger partial charge in [-0.1, -0.05) is 15.9 Å². The summed E-state index contributed by atoms with van der Waals surface area (Å²) in [6.07, 6.45) is 0. The zero-order valence-corrected chi connectivity index (χ0v) is 15.7. The fourth-order valence-corrected chi connectivity index (χ4v) is 2.63. The van der Waals surface area contributed by atoms with E-state index in [1.165, 1.54) is 0 Å². The van der Waals surface area contributed by atoms with Gasteiger partial charge in [-0.3, -0.25) is 0 Å². The van der Waals surface area contributed by atoms with Crippen LogP contribution >= 0.6 is 15.9 Å². The molecule has 0 spiro atoms. The third kappa shape index (κ3) is 5.04. The number of hydrogen-bond acceptors (Lipinski definition) is 5. The molecule has 0 atom stereocenters. The first-order valence-corrected chi connectivity index (χ1v) is 8.35. The van der Waals surface area contributed by atoms with Crippen LogP contribution in [0.3, 0.4) is 0 Å². The molecule has 0 aliphatic heterocycles. The van der Waals surface area contributed by atoms with E-state index in [4.69, 9.17) is 18.9 Å². The van der Waals surface area contributed by atoms with E-state index in [0.717, 1.165) is 28.1 Å². The van der Waals surface area contributed by atoms with Crippen molar-refractivity contribution in [2.24, 2.45) is 0 Å². The lowest BCUT2D eigenvalue weighted by Crippen LogP contribution is -2.20. The largest absolute Gasteiger partial charge is 0.497 e. The number of rotatable bonds is 9. The van der Waals surface area contributed by atoms with Crippen molar-refractivity contribution in [1.82, 2.24) is 5.32 Å². The number of hydrogen-bond donors (Lipinski definition) is 1. The van der Waals surface area contributed by atoms with E-state index in [9.17, 15) is 0 Å². The molecule has 24 heavy (non-hydrogen) atoms. The van der Waals surface area contributed by atoms with Crippen molar-refractivity contribution in [2.45, 2.75) is 6.54 Å². The van der Waals surface area contributed by atoms with Crippen molar-refractivity contribution in [3.63, 3.8) is 0 Å². The van der Waals surface area contributed by atoms with Gasteiger partial charge in [0.2, 0.25) is 0 Å². The average Bonchev–Trinajstić information content (AvgIpc) is 2.62. The van der Waals surface area contributed by atoms with Gasteiger partial charge in [-0.15, -0.1) is 0 Å². The molecule has 0 amide bonds. The Hall–Kier alpha value is -1.92. The Kier molecular flexibility index (Phi) is 7.21. The predicted molar refractivity (Wildman–Crippen MR) is 97.4 cm³/mol. The van der Waals surface area contributed by atoms with E-state index in [2.05, 4.69) is 21.2 Å². The number of nitrogens with one attached hydrogen (secondary N) is 1. The Morgan fingerprint density at radius 1 is 0.875 bits per heavy atom. The van der Waals surface area contributed by atoms with Crippen LogP contribution in [0.5, 0.6) is 23.0 Å². The monoisotopic (exact) mass is 395 g/mol. The first-order valence-electron chi connectivity index (χ1n) is 7.56. The Bertz CT molecular complexity index is 646. The summed E-state index contributed by atoms with van der Waals surface area (Å²) in [7, 11) is 4.90.